The molecule has 1 fully saturated rings. The van der Waals surface area contributed by atoms with Gasteiger partial charge in [0.1, 0.15) is 0 Å². The number of rotatable bonds is 2. The van der Waals surface area contributed by atoms with Gasteiger partial charge in [0.15, 0.2) is 0 Å². The van der Waals surface area contributed by atoms with Gasteiger partial charge in [-0.05, 0) is 44.5 Å². The second-order valence-electron chi connectivity index (χ2n) is 5.48. The number of nitrogens with one attached hydrogen (secondary N) is 3. The van der Waals surface area contributed by atoms with Crippen molar-refractivity contribution in [3.63, 3.8) is 0 Å². The van der Waals surface area contributed by atoms with Gasteiger partial charge < -0.3 is 16.0 Å². The lowest BCUT2D eigenvalue weighted by Gasteiger charge is -2.25. The van der Waals surface area contributed by atoms with Gasteiger partial charge in [0.25, 0.3) is 5.91 Å². The van der Waals surface area contributed by atoms with Crippen molar-refractivity contribution in [1.29, 1.82) is 0 Å². The van der Waals surface area contributed by atoms with Crippen LogP contribution in [0.3, 0.4) is 0 Å². The van der Waals surface area contributed by atoms with Crippen molar-refractivity contribution in [1.82, 2.24) is 10.6 Å². The van der Waals surface area contributed by atoms with Crippen LogP contribution in [0.4, 0.5) is 5.69 Å². The Morgan fingerprint density at radius 3 is 3.05 bits per heavy atom. The van der Waals surface area contributed by atoms with E-state index in [1.165, 1.54) is 11.8 Å². The van der Waals surface area contributed by atoms with Crippen molar-refractivity contribution in [3.05, 3.63) is 23.8 Å². The molecule has 3 rings (SSSR count). The first-order valence-electron chi connectivity index (χ1n) is 7.26. The molecule has 0 aromatic heterocycles. The highest BCUT2D eigenvalue weighted by atomic mass is 32.2. The summed E-state index contributed by atoms with van der Waals surface area (Å²) < 4.78 is 0. The Balaban J connectivity index is 1.72. The summed E-state index contributed by atoms with van der Waals surface area (Å²) in [5.74, 6) is -0.0918. The zero-order chi connectivity index (χ0) is 14.8. The number of amides is 2. The van der Waals surface area contributed by atoms with E-state index in [4.69, 9.17) is 0 Å². The molecule has 1 saturated heterocycles. The predicted octanol–water partition coefficient (Wildman–Crippen LogP) is 1.60. The van der Waals surface area contributed by atoms with Gasteiger partial charge in [-0.2, -0.15) is 0 Å². The highest BCUT2D eigenvalue weighted by Crippen LogP contribution is 2.35. The third-order valence-electron chi connectivity index (χ3n) is 3.80. The van der Waals surface area contributed by atoms with Crippen molar-refractivity contribution in [2.75, 3.05) is 18.4 Å². The molecule has 2 aliphatic rings. The number of piperidine rings is 1. The van der Waals surface area contributed by atoms with Crippen molar-refractivity contribution in [2.45, 2.75) is 36.0 Å². The number of hydrogen-bond acceptors (Lipinski definition) is 4. The Morgan fingerprint density at radius 1 is 1.43 bits per heavy atom. The Hall–Kier alpha value is -1.53. The Bertz CT molecular complexity index is 570. The van der Waals surface area contributed by atoms with Crippen LogP contribution < -0.4 is 16.0 Å². The fraction of sp³-hybridized carbons (Fsp3) is 0.467. The number of anilines is 1. The lowest BCUT2D eigenvalue weighted by atomic mass is 10.1. The number of hydrogen-bond donors (Lipinski definition) is 3. The smallest absolute Gasteiger partial charge is 0.251 e. The molecule has 1 unspecified atom stereocenters. The first-order chi connectivity index (χ1) is 10.1. The van der Waals surface area contributed by atoms with Crippen LogP contribution in [0.2, 0.25) is 0 Å². The summed E-state index contributed by atoms with van der Waals surface area (Å²) >= 11 is 1.52. The number of benzene rings is 1. The van der Waals surface area contributed by atoms with E-state index in [1.807, 2.05) is 19.1 Å². The number of fused-ring (bicyclic) bond motifs is 1. The standard InChI is InChI=1S/C15H19N3O2S/c1-9-14(19)18-12-7-10(4-5-13(12)21-9)15(20)17-11-3-2-6-16-8-11/h4-5,7,9,11,16H,2-3,6,8H2,1H3,(H,17,20)(H,18,19)/t9?,11-/m0/s1. The molecule has 2 amide bonds. The molecule has 1 aromatic rings. The number of thioether (sulfide) groups is 1. The molecule has 5 nitrogen and oxygen atoms in total. The Kier molecular flexibility index (Phi) is 4.17. The molecule has 2 heterocycles. The third-order valence-corrected chi connectivity index (χ3v) is 4.98. The molecule has 1 aromatic carbocycles. The molecule has 0 radical (unpaired) electrons. The maximum absolute atomic E-state index is 12.3. The minimum atomic E-state index is -0.0921. The second kappa shape index (κ2) is 6.07. The maximum Gasteiger partial charge on any atom is 0.251 e. The first-order valence-corrected chi connectivity index (χ1v) is 8.14. The van der Waals surface area contributed by atoms with Gasteiger partial charge in [-0.25, -0.2) is 0 Å². The average molecular weight is 305 g/mol. The molecule has 0 saturated carbocycles. The molecule has 112 valence electrons. The van der Waals surface area contributed by atoms with Gasteiger partial charge in [-0.3, -0.25) is 9.59 Å². The number of carbonyl (C=O) groups is 2. The van der Waals surface area contributed by atoms with Crippen LogP contribution in [0.25, 0.3) is 0 Å². The molecule has 2 aliphatic heterocycles. The van der Waals surface area contributed by atoms with Crippen molar-refractivity contribution in [2.24, 2.45) is 0 Å². The van der Waals surface area contributed by atoms with E-state index in [2.05, 4.69) is 16.0 Å². The maximum atomic E-state index is 12.3. The molecule has 2 atom stereocenters. The largest absolute Gasteiger partial charge is 0.348 e. The van der Waals surface area contributed by atoms with E-state index in [0.29, 0.717) is 5.56 Å². The van der Waals surface area contributed by atoms with E-state index in [9.17, 15) is 9.59 Å². The number of carbonyl (C=O) groups excluding carboxylic acids is 2. The summed E-state index contributed by atoms with van der Waals surface area (Å²) in [7, 11) is 0. The van der Waals surface area contributed by atoms with Gasteiger partial charge in [0.2, 0.25) is 5.91 Å². The normalized spacial score (nSPS) is 24.9. The minimum absolute atomic E-state index is 0.0125. The highest BCUT2D eigenvalue weighted by Gasteiger charge is 2.24. The zero-order valence-corrected chi connectivity index (χ0v) is 12.8. The van der Waals surface area contributed by atoms with Gasteiger partial charge >= 0.3 is 0 Å². The van der Waals surface area contributed by atoms with E-state index >= 15 is 0 Å². The minimum Gasteiger partial charge on any atom is -0.348 e. The molecule has 6 heteroatoms. The predicted molar refractivity (Wildman–Crippen MR) is 83.7 cm³/mol. The van der Waals surface area contributed by atoms with Gasteiger partial charge in [0, 0.05) is 23.0 Å². The van der Waals surface area contributed by atoms with Gasteiger partial charge in [0.05, 0.1) is 10.9 Å². The molecule has 0 spiro atoms. The topological polar surface area (TPSA) is 70.2 Å². The van der Waals surface area contributed by atoms with E-state index in [0.717, 1.165) is 36.5 Å². The summed E-state index contributed by atoms with van der Waals surface area (Å²) in [6.45, 7) is 3.72. The monoisotopic (exact) mass is 305 g/mol. The fourth-order valence-electron chi connectivity index (χ4n) is 2.59. The van der Waals surface area contributed by atoms with E-state index in [-0.39, 0.29) is 23.1 Å². The van der Waals surface area contributed by atoms with Gasteiger partial charge in [-0.15, -0.1) is 11.8 Å². The van der Waals surface area contributed by atoms with Crippen LogP contribution in [-0.4, -0.2) is 36.2 Å². The molecule has 0 aliphatic carbocycles. The van der Waals surface area contributed by atoms with Crippen molar-refractivity contribution < 1.29 is 9.59 Å². The molecule has 3 N–H and O–H groups in total. The summed E-state index contributed by atoms with van der Waals surface area (Å²) in [6, 6.07) is 5.68. The summed E-state index contributed by atoms with van der Waals surface area (Å²) in [6.07, 6.45) is 2.09. The van der Waals surface area contributed by atoms with Crippen LogP contribution in [0, 0.1) is 0 Å². The first kappa shape index (κ1) is 14.4. The van der Waals surface area contributed by atoms with Crippen LogP contribution in [-0.2, 0) is 4.79 Å². The molecular weight excluding hydrogens is 286 g/mol. The summed E-state index contributed by atoms with van der Waals surface area (Å²) in [5.41, 5.74) is 1.33. The van der Waals surface area contributed by atoms with Crippen LogP contribution >= 0.6 is 11.8 Å². The molecule has 0 bridgehead atoms. The highest BCUT2D eigenvalue weighted by molar-refractivity contribution is 8.00. The average Bonchev–Trinajstić information content (AvgIpc) is 2.49. The Labute approximate surface area is 128 Å². The SMILES string of the molecule is CC1Sc2ccc(C(=O)N[C@H]3CCCNC3)cc2NC1=O. The van der Waals surface area contributed by atoms with E-state index in [1.54, 1.807) is 6.07 Å². The van der Waals surface area contributed by atoms with Crippen LogP contribution in [0.5, 0.6) is 0 Å². The van der Waals surface area contributed by atoms with Crippen molar-refractivity contribution >= 4 is 29.3 Å². The lowest BCUT2D eigenvalue weighted by Crippen LogP contribution is -2.45. The fourth-order valence-corrected chi connectivity index (χ4v) is 3.52. The van der Waals surface area contributed by atoms with Crippen LogP contribution in [0.1, 0.15) is 30.1 Å². The van der Waals surface area contributed by atoms with Crippen molar-refractivity contribution in [3.8, 4) is 0 Å². The summed E-state index contributed by atoms with van der Waals surface area (Å²) in [4.78, 5) is 25.0. The van der Waals surface area contributed by atoms with Gasteiger partial charge in [-0.1, -0.05) is 0 Å². The zero-order valence-electron chi connectivity index (χ0n) is 11.9. The molecule has 21 heavy (non-hydrogen) atoms. The van der Waals surface area contributed by atoms with E-state index < -0.39 is 0 Å². The quantitative estimate of drug-likeness (QED) is 0.776. The molecular formula is C15H19N3O2S. The Morgan fingerprint density at radius 2 is 2.29 bits per heavy atom. The third kappa shape index (κ3) is 3.22. The lowest BCUT2D eigenvalue weighted by molar-refractivity contribution is -0.115. The second-order valence-corrected chi connectivity index (χ2v) is 6.86. The van der Waals surface area contributed by atoms with Crippen LogP contribution in [0.15, 0.2) is 23.1 Å². The summed E-state index contributed by atoms with van der Waals surface area (Å²) in [5, 5.41) is 9.08.